The normalized spacial score (nSPS) is 13.6. The van der Waals surface area contributed by atoms with Gasteiger partial charge in [0, 0.05) is 75.1 Å². The first kappa shape index (κ1) is 30.7. The number of carbonyl (C=O) groups is 1. The number of likely N-dealkylation sites (N-methyl/N-ethyl adjacent to an activating group) is 1. The third-order valence-corrected chi connectivity index (χ3v) is 7.42. The molecule has 0 spiro atoms. The Morgan fingerprint density at radius 2 is 1.80 bits per heavy atom. The molecule has 0 radical (unpaired) electrons. The summed E-state index contributed by atoms with van der Waals surface area (Å²) in [6.45, 7) is 7.84. The largest absolute Gasteiger partial charge is 0.478 e. The maximum Gasteiger partial charge on any atom is 0.256 e. The van der Waals surface area contributed by atoms with Gasteiger partial charge in [-0.25, -0.2) is 9.97 Å². The number of ether oxygens (including phenoxy) is 1. The van der Waals surface area contributed by atoms with Crippen LogP contribution in [-0.4, -0.2) is 87.5 Å². The fraction of sp³-hybridized carbons (Fsp3) is 0.333. The van der Waals surface area contributed by atoms with Gasteiger partial charge in [0.1, 0.15) is 5.69 Å². The lowest BCUT2D eigenvalue weighted by molar-refractivity contribution is 0.102. The zero-order valence-electron chi connectivity index (χ0n) is 25.4. The van der Waals surface area contributed by atoms with E-state index in [4.69, 9.17) is 9.84 Å². The Labute approximate surface area is 257 Å². The first-order chi connectivity index (χ1) is 21.4. The Morgan fingerprint density at radius 3 is 2.50 bits per heavy atom. The van der Waals surface area contributed by atoms with Crippen LogP contribution in [0.15, 0.2) is 61.1 Å². The second-order valence-electron chi connectivity index (χ2n) is 10.8. The molecule has 44 heavy (non-hydrogen) atoms. The number of piperazine rings is 1. The summed E-state index contributed by atoms with van der Waals surface area (Å²) in [5, 5.41) is 19.5. The van der Waals surface area contributed by atoms with Crippen molar-refractivity contribution in [2.45, 2.75) is 26.4 Å². The second-order valence-corrected chi connectivity index (χ2v) is 10.8. The fourth-order valence-corrected chi connectivity index (χ4v) is 4.76. The predicted molar refractivity (Wildman–Crippen MR) is 170 cm³/mol. The summed E-state index contributed by atoms with van der Waals surface area (Å²) in [7, 11) is 3.70. The van der Waals surface area contributed by atoms with Gasteiger partial charge >= 0.3 is 0 Å². The van der Waals surface area contributed by atoms with E-state index in [1.807, 2.05) is 25.1 Å². The number of amides is 1. The zero-order valence-corrected chi connectivity index (χ0v) is 25.4. The number of rotatable bonds is 10. The lowest BCUT2D eigenvalue weighted by Crippen LogP contribution is -2.43. The quantitative estimate of drug-likeness (QED) is 0.237. The number of nitrogens with one attached hydrogen (secondary N) is 2. The highest BCUT2D eigenvalue weighted by atomic mass is 16.5. The van der Waals surface area contributed by atoms with Crippen LogP contribution in [-0.2, 0) is 13.1 Å². The van der Waals surface area contributed by atoms with Gasteiger partial charge in [-0.2, -0.15) is 0 Å². The molecule has 11 nitrogen and oxygen atoms in total. The van der Waals surface area contributed by atoms with E-state index >= 15 is 0 Å². The number of hydrogen-bond acceptors (Lipinski definition) is 9. The minimum atomic E-state index is -0.186. The van der Waals surface area contributed by atoms with Crippen molar-refractivity contribution in [2.24, 2.45) is 0 Å². The molecule has 0 bridgehead atoms. The van der Waals surface area contributed by atoms with Crippen LogP contribution in [0.1, 0.15) is 39.0 Å². The van der Waals surface area contributed by atoms with Crippen molar-refractivity contribution in [3.05, 3.63) is 88.9 Å². The van der Waals surface area contributed by atoms with Crippen LogP contribution in [0.5, 0.6) is 5.88 Å². The molecule has 0 aliphatic carbocycles. The Bertz CT molecular complexity index is 1620. The number of aromatic nitrogens is 4. The van der Waals surface area contributed by atoms with Crippen molar-refractivity contribution < 1.29 is 14.6 Å². The molecule has 1 saturated heterocycles. The molecule has 2 aromatic heterocycles. The van der Waals surface area contributed by atoms with Crippen molar-refractivity contribution >= 4 is 23.2 Å². The van der Waals surface area contributed by atoms with Gasteiger partial charge in [0.15, 0.2) is 0 Å². The second kappa shape index (κ2) is 14.6. The zero-order chi connectivity index (χ0) is 30.9. The van der Waals surface area contributed by atoms with Gasteiger partial charge in [-0.1, -0.05) is 30.0 Å². The van der Waals surface area contributed by atoms with Gasteiger partial charge in [-0.05, 0) is 55.8 Å². The molecule has 0 atom stereocenters. The highest BCUT2D eigenvalue weighted by molar-refractivity contribution is 6.04. The predicted octanol–water partition coefficient (Wildman–Crippen LogP) is 3.52. The molecule has 1 fully saturated rings. The molecular formula is C33H38N8O3. The molecule has 4 aromatic rings. The van der Waals surface area contributed by atoms with Crippen molar-refractivity contribution in [3.63, 3.8) is 0 Å². The number of nitrogens with zero attached hydrogens (tertiary/aromatic N) is 6. The van der Waals surface area contributed by atoms with E-state index < -0.39 is 0 Å². The summed E-state index contributed by atoms with van der Waals surface area (Å²) in [4.78, 5) is 26.6. The summed E-state index contributed by atoms with van der Waals surface area (Å²) in [5.74, 6) is 6.85. The summed E-state index contributed by atoms with van der Waals surface area (Å²) in [6.07, 6.45) is 5.63. The monoisotopic (exact) mass is 594 g/mol. The van der Waals surface area contributed by atoms with Crippen molar-refractivity contribution in [2.75, 3.05) is 57.6 Å². The Morgan fingerprint density at radius 1 is 1.05 bits per heavy atom. The Balaban J connectivity index is 1.19. The van der Waals surface area contributed by atoms with Crippen molar-refractivity contribution in [3.8, 4) is 17.7 Å². The topological polar surface area (TPSA) is 121 Å². The van der Waals surface area contributed by atoms with Gasteiger partial charge in [0.05, 0.1) is 18.9 Å². The smallest absolute Gasteiger partial charge is 0.256 e. The molecule has 2 aromatic carbocycles. The maximum absolute atomic E-state index is 13.0. The number of aryl methyl sites for hydroxylation is 2. The summed E-state index contributed by atoms with van der Waals surface area (Å²) < 4.78 is 7.02. The highest BCUT2D eigenvalue weighted by Gasteiger charge is 2.14. The molecule has 3 N–H and O–H groups in total. The van der Waals surface area contributed by atoms with Crippen LogP contribution in [0, 0.1) is 18.8 Å². The average Bonchev–Trinajstić information content (AvgIpc) is 3.43. The van der Waals surface area contributed by atoms with E-state index in [2.05, 4.69) is 66.5 Å². The van der Waals surface area contributed by atoms with Crippen molar-refractivity contribution in [1.82, 2.24) is 29.5 Å². The first-order valence-corrected chi connectivity index (χ1v) is 14.7. The third kappa shape index (κ3) is 8.20. The molecular weight excluding hydrogens is 556 g/mol. The Kier molecular flexibility index (Phi) is 10.2. The average molecular weight is 595 g/mol. The van der Waals surface area contributed by atoms with Gasteiger partial charge in [-0.15, -0.1) is 5.10 Å². The lowest BCUT2D eigenvalue weighted by Gasteiger charge is -2.32. The van der Waals surface area contributed by atoms with Gasteiger partial charge in [-0.3, -0.25) is 14.4 Å². The molecule has 228 valence electrons. The van der Waals surface area contributed by atoms with Crippen LogP contribution >= 0.6 is 0 Å². The molecule has 0 saturated carbocycles. The summed E-state index contributed by atoms with van der Waals surface area (Å²) in [5.41, 5.74) is 5.49. The van der Waals surface area contributed by atoms with Gasteiger partial charge < -0.3 is 25.4 Å². The maximum atomic E-state index is 13.0. The molecule has 0 unspecified atom stereocenters. The van der Waals surface area contributed by atoms with Crippen LogP contribution < -0.4 is 15.4 Å². The molecule has 5 rings (SSSR count). The SMILES string of the molecule is COc1nn(CCCO)cc1Nc1ncc(C#Cc2cc(C(=O)Nc3ccc(CN4CCN(C)CC4)cc3)ccc2C)cn1. The lowest BCUT2D eigenvalue weighted by atomic mass is 10.0. The number of hydrogen-bond donors (Lipinski definition) is 3. The van der Waals surface area contributed by atoms with Crippen LogP contribution in [0.25, 0.3) is 0 Å². The highest BCUT2D eigenvalue weighted by Crippen LogP contribution is 2.24. The number of anilines is 3. The molecule has 3 heterocycles. The molecule has 1 aliphatic rings. The van der Waals surface area contributed by atoms with Crippen molar-refractivity contribution in [1.29, 1.82) is 0 Å². The van der Waals surface area contributed by atoms with E-state index in [1.54, 1.807) is 35.4 Å². The van der Waals surface area contributed by atoms with Gasteiger partial charge in [0.2, 0.25) is 5.95 Å². The number of carbonyl (C=O) groups excluding carboxylic acids is 1. The summed E-state index contributed by atoms with van der Waals surface area (Å²) >= 11 is 0. The minimum Gasteiger partial charge on any atom is -0.478 e. The number of aliphatic hydroxyl groups is 1. The number of methoxy groups -OCH3 is 1. The molecule has 1 amide bonds. The number of benzene rings is 2. The van der Waals surface area contributed by atoms with E-state index in [0.717, 1.165) is 49.5 Å². The van der Waals surface area contributed by atoms with Crippen LogP contribution in [0.4, 0.5) is 17.3 Å². The number of aliphatic hydroxyl groups excluding tert-OH is 1. The Hall–Kier alpha value is -4.76. The first-order valence-electron chi connectivity index (χ1n) is 14.7. The standard InChI is InChI=1S/C33H38N8O3/c1-24-5-9-28(31(43)36-29-11-7-25(8-12-29)22-40-16-14-39(2)15-17-40)19-27(24)10-6-26-20-34-33(35-21-26)37-30-23-41(13-4-18-42)38-32(30)44-3/h5,7-9,11-12,19-21,23,42H,4,13-18,22H2,1-3H3,(H,36,43)(H,34,35,37). The fourth-order valence-electron chi connectivity index (χ4n) is 4.76. The van der Waals surface area contributed by atoms with E-state index in [0.29, 0.717) is 41.6 Å². The summed E-state index contributed by atoms with van der Waals surface area (Å²) in [6, 6.07) is 13.6. The minimum absolute atomic E-state index is 0.0831. The van der Waals surface area contributed by atoms with Gasteiger partial charge in [0.25, 0.3) is 11.8 Å². The molecule has 1 aliphatic heterocycles. The van der Waals surface area contributed by atoms with Crippen LogP contribution in [0.2, 0.25) is 0 Å². The van der Waals surface area contributed by atoms with Crippen LogP contribution in [0.3, 0.4) is 0 Å². The molecule has 11 heteroatoms. The third-order valence-electron chi connectivity index (χ3n) is 7.42. The van der Waals surface area contributed by atoms with E-state index in [1.165, 1.54) is 12.7 Å². The van der Waals surface area contributed by atoms with E-state index in [9.17, 15) is 4.79 Å². The van der Waals surface area contributed by atoms with E-state index in [-0.39, 0.29) is 12.5 Å².